The number of hydrogen-bond acceptors (Lipinski definition) is 10. The summed E-state index contributed by atoms with van der Waals surface area (Å²) < 4.78 is 16.7. The van der Waals surface area contributed by atoms with Gasteiger partial charge in [0.1, 0.15) is 24.4 Å². The highest BCUT2D eigenvalue weighted by Crippen LogP contribution is 2.24. The van der Waals surface area contributed by atoms with Gasteiger partial charge in [-0.3, -0.25) is 9.59 Å². The molecular formula is C80H149NO10. The van der Waals surface area contributed by atoms with Gasteiger partial charge in [0.25, 0.3) is 0 Å². The number of ether oxygens (including phenoxy) is 3. The van der Waals surface area contributed by atoms with Gasteiger partial charge in [-0.15, -0.1) is 0 Å². The molecule has 1 aliphatic heterocycles. The molecule has 0 aliphatic carbocycles. The van der Waals surface area contributed by atoms with Crippen LogP contribution in [0.25, 0.3) is 0 Å². The Labute approximate surface area is 561 Å². The van der Waals surface area contributed by atoms with Crippen LogP contribution in [0.5, 0.6) is 0 Å². The Bertz CT molecular complexity index is 1650. The summed E-state index contributed by atoms with van der Waals surface area (Å²) in [5, 5.41) is 54.4. The number of aliphatic hydroxyl groups is 5. The number of unbranched alkanes of at least 4 members (excludes halogenated alkanes) is 50. The molecule has 91 heavy (non-hydrogen) atoms. The summed E-state index contributed by atoms with van der Waals surface area (Å²) in [7, 11) is 0. The van der Waals surface area contributed by atoms with E-state index >= 15 is 0 Å². The second kappa shape index (κ2) is 69.0. The van der Waals surface area contributed by atoms with Crippen molar-refractivity contribution in [2.24, 2.45) is 0 Å². The molecular weight excluding hydrogens is 1130 g/mol. The average molecular weight is 1290 g/mol. The van der Waals surface area contributed by atoms with Crippen LogP contribution in [0.4, 0.5) is 0 Å². The van der Waals surface area contributed by atoms with Crippen molar-refractivity contribution in [1.29, 1.82) is 0 Å². The highest BCUT2D eigenvalue weighted by molar-refractivity contribution is 5.76. The first-order chi connectivity index (χ1) is 44.7. The molecule has 1 fully saturated rings. The molecule has 0 bridgehead atoms. The van der Waals surface area contributed by atoms with Crippen molar-refractivity contribution in [3.05, 3.63) is 48.6 Å². The highest BCUT2D eigenvalue weighted by atomic mass is 16.7. The Kier molecular flexibility index (Phi) is 65.7. The van der Waals surface area contributed by atoms with Gasteiger partial charge in [-0.05, 0) is 89.9 Å². The highest BCUT2D eigenvalue weighted by Gasteiger charge is 2.44. The van der Waals surface area contributed by atoms with E-state index in [2.05, 4.69) is 55.6 Å². The zero-order valence-corrected chi connectivity index (χ0v) is 59.6. The van der Waals surface area contributed by atoms with Crippen LogP contribution in [0, 0.1) is 0 Å². The number of amides is 1. The smallest absolute Gasteiger partial charge is 0.305 e. The lowest BCUT2D eigenvalue weighted by Gasteiger charge is -2.40. The molecule has 7 atom stereocenters. The molecule has 0 saturated carbocycles. The number of nitrogens with one attached hydrogen (secondary N) is 1. The number of carbonyl (C=O) groups excluding carboxylic acids is 2. The maximum atomic E-state index is 13.0. The molecule has 6 N–H and O–H groups in total. The quantitative estimate of drug-likeness (QED) is 0.0195. The predicted octanol–water partition coefficient (Wildman–Crippen LogP) is 21.1. The SMILES string of the molecule is CCCCCC/C=C\C/C=C\CCCCCCCC(=O)OCCCCCCCCCCCCCCCCCC/C=C\CCCCCCCCCCCCCCCCCCCC(=O)NC(COC1OC(CO)C(O)C(O)C1O)C(O)/C=C/CCCCCCCCCC. The number of carbonyl (C=O) groups is 2. The van der Waals surface area contributed by atoms with Gasteiger partial charge >= 0.3 is 5.97 Å². The van der Waals surface area contributed by atoms with Crippen molar-refractivity contribution in [3.8, 4) is 0 Å². The zero-order valence-electron chi connectivity index (χ0n) is 59.6. The van der Waals surface area contributed by atoms with E-state index in [4.69, 9.17) is 14.2 Å². The standard InChI is InChI=1S/C80H149NO10/c1-3-5-7-9-11-13-15-16-17-42-45-48-52-56-60-64-68-76(85)89-69-65-61-57-53-49-46-43-40-38-36-34-32-30-28-26-24-22-20-18-19-21-23-25-27-29-31-33-35-37-39-41-44-47-51-55-59-63-67-75(84)81-72(71-90-80-79(88)78(87)77(86)74(70-82)91-80)73(83)66-62-58-54-50-14-12-10-8-6-4-2/h13,15,17-18,20,42,62,66,72-74,77-80,82-83,86-88H,3-12,14,16,19,21-41,43-61,63-65,67-71H2,1-2H3,(H,81,84)/b15-13-,20-18-,42-17-,66-62+. The number of allylic oxidation sites excluding steroid dienone is 7. The van der Waals surface area contributed by atoms with Gasteiger partial charge in [0, 0.05) is 12.8 Å². The minimum atomic E-state index is -1.57. The third-order valence-electron chi connectivity index (χ3n) is 18.7. The molecule has 0 radical (unpaired) electrons. The molecule has 1 heterocycles. The second-order valence-corrected chi connectivity index (χ2v) is 27.4. The lowest BCUT2D eigenvalue weighted by molar-refractivity contribution is -0.302. The van der Waals surface area contributed by atoms with Gasteiger partial charge in [-0.2, -0.15) is 0 Å². The third kappa shape index (κ3) is 57.6. The Morgan fingerprint density at radius 1 is 0.407 bits per heavy atom. The fourth-order valence-corrected chi connectivity index (χ4v) is 12.5. The monoisotopic (exact) mass is 1280 g/mol. The fourth-order valence-electron chi connectivity index (χ4n) is 12.5. The number of esters is 1. The van der Waals surface area contributed by atoms with Gasteiger partial charge < -0.3 is 45.1 Å². The van der Waals surface area contributed by atoms with Crippen molar-refractivity contribution in [2.45, 2.75) is 429 Å². The number of rotatable bonds is 70. The van der Waals surface area contributed by atoms with Gasteiger partial charge in [0.05, 0.1) is 32.0 Å². The first-order valence-corrected chi connectivity index (χ1v) is 39.4. The summed E-state index contributed by atoms with van der Waals surface area (Å²) in [6, 6.07) is -0.806. The van der Waals surface area contributed by atoms with E-state index in [1.807, 2.05) is 6.08 Å². The van der Waals surface area contributed by atoms with Gasteiger partial charge in [-0.1, -0.05) is 332 Å². The molecule has 11 heteroatoms. The maximum Gasteiger partial charge on any atom is 0.305 e. The topological polar surface area (TPSA) is 175 Å². The molecule has 11 nitrogen and oxygen atoms in total. The predicted molar refractivity (Wildman–Crippen MR) is 384 cm³/mol. The summed E-state index contributed by atoms with van der Waals surface area (Å²) >= 11 is 0. The van der Waals surface area contributed by atoms with Crippen LogP contribution < -0.4 is 5.32 Å². The van der Waals surface area contributed by atoms with Crippen LogP contribution >= 0.6 is 0 Å². The average Bonchev–Trinajstić information content (AvgIpc) is 1.18. The first-order valence-electron chi connectivity index (χ1n) is 39.4. The minimum absolute atomic E-state index is 0.00202. The zero-order chi connectivity index (χ0) is 65.8. The summed E-state index contributed by atoms with van der Waals surface area (Å²) in [6.45, 7) is 4.34. The molecule has 0 aromatic rings. The normalized spacial score (nSPS) is 17.8. The number of aliphatic hydroxyl groups excluding tert-OH is 5. The van der Waals surface area contributed by atoms with Crippen LogP contribution in [0.1, 0.15) is 386 Å². The third-order valence-corrected chi connectivity index (χ3v) is 18.7. The Morgan fingerprint density at radius 3 is 1.13 bits per heavy atom. The van der Waals surface area contributed by atoms with Crippen molar-refractivity contribution < 1.29 is 49.3 Å². The van der Waals surface area contributed by atoms with Crippen molar-refractivity contribution in [2.75, 3.05) is 19.8 Å². The Hall–Kier alpha value is -2.38. The molecule has 0 spiro atoms. The largest absolute Gasteiger partial charge is 0.466 e. The van der Waals surface area contributed by atoms with Gasteiger partial charge in [0.15, 0.2) is 6.29 Å². The summed E-state index contributed by atoms with van der Waals surface area (Å²) in [5.74, 6) is -0.176. The molecule has 1 aliphatic rings. The molecule has 1 rings (SSSR count). The molecule has 0 aromatic heterocycles. The van der Waals surface area contributed by atoms with Crippen molar-refractivity contribution >= 4 is 11.9 Å². The molecule has 1 saturated heterocycles. The van der Waals surface area contributed by atoms with Crippen LogP contribution in [-0.4, -0.2) is 100 Å². The van der Waals surface area contributed by atoms with E-state index in [0.29, 0.717) is 19.4 Å². The summed E-state index contributed by atoms with van der Waals surface area (Å²) in [4.78, 5) is 25.1. The van der Waals surface area contributed by atoms with Crippen molar-refractivity contribution in [1.82, 2.24) is 5.32 Å². The van der Waals surface area contributed by atoms with Gasteiger partial charge in [-0.25, -0.2) is 0 Å². The Balaban J connectivity index is 1.87. The summed E-state index contributed by atoms with van der Waals surface area (Å²) in [6.07, 6.45) is 81.5. The molecule has 0 aromatic carbocycles. The Morgan fingerprint density at radius 2 is 0.736 bits per heavy atom. The lowest BCUT2D eigenvalue weighted by atomic mass is 9.99. The molecule has 534 valence electrons. The molecule has 7 unspecified atom stereocenters. The fraction of sp³-hybridized carbons (Fsp3) is 0.875. The second-order valence-electron chi connectivity index (χ2n) is 27.4. The molecule has 1 amide bonds. The van der Waals surface area contributed by atoms with Crippen molar-refractivity contribution in [3.63, 3.8) is 0 Å². The minimum Gasteiger partial charge on any atom is -0.466 e. The van der Waals surface area contributed by atoms with E-state index in [0.717, 1.165) is 64.2 Å². The van der Waals surface area contributed by atoms with Crippen LogP contribution in [0.3, 0.4) is 0 Å². The van der Waals surface area contributed by atoms with E-state index in [9.17, 15) is 35.1 Å². The van der Waals surface area contributed by atoms with Crippen LogP contribution in [-0.2, 0) is 23.8 Å². The summed E-state index contributed by atoms with van der Waals surface area (Å²) in [5.41, 5.74) is 0. The van der Waals surface area contributed by atoms with E-state index in [1.165, 1.54) is 295 Å². The number of hydrogen-bond donors (Lipinski definition) is 6. The van der Waals surface area contributed by atoms with Crippen LogP contribution in [0.2, 0.25) is 0 Å². The lowest BCUT2D eigenvalue weighted by Crippen LogP contribution is -2.60. The van der Waals surface area contributed by atoms with E-state index in [-0.39, 0.29) is 18.5 Å². The maximum absolute atomic E-state index is 13.0. The van der Waals surface area contributed by atoms with Crippen LogP contribution in [0.15, 0.2) is 48.6 Å². The first kappa shape index (κ1) is 86.6. The van der Waals surface area contributed by atoms with E-state index in [1.54, 1.807) is 6.08 Å². The van der Waals surface area contributed by atoms with E-state index < -0.39 is 49.5 Å². The van der Waals surface area contributed by atoms with Gasteiger partial charge in [0.2, 0.25) is 5.91 Å².